The molecule has 1 N–H and O–H groups in total. The zero-order chi connectivity index (χ0) is 14.7. The molecule has 0 saturated carbocycles. The van der Waals surface area contributed by atoms with E-state index in [1.54, 1.807) is 12.1 Å². The largest absolute Gasteiger partial charge is 0.319 e. The van der Waals surface area contributed by atoms with E-state index < -0.39 is 6.55 Å². The van der Waals surface area contributed by atoms with Crippen LogP contribution in [0.25, 0.3) is 0 Å². The van der Waals surface area contributed by atoms with Gasteiger partial charge >= 0.3 is 6.55 Å². The Morgan fingerprint density at radius 2 is 2.10 bits per heavy atom. The van der Waals surface area contributed by atoms with Crippen LogP contribution in [0.5, 0.6) is 0 Å². The minimum Gasteiger partial charge on any atom is -0.303 e. The molecule has 1 aromatic carbocycles. The molecular formula is C13H13Cl2F2N3. The zero-order valence-corrected chi connectivity index (χ0v) is 12.2. The summed E-state index contributed by atoms with van der Waals surface area (Å²) in [6.45, 7) is -0.480. The van der Waals surface area contributed by atoms with Gasteiger partial charge in [-0.15, -0.1) is 0 Å². The van der Waals surface area contributed by atoms with Crippen molar-refractivity contribution in [3.8, 4) is 0 Å². The molecule has 0 amide bonds. The van der Waals surface area contributed by atoms with E-state index in [0.717, 1.165) is 10.1 Å². The van der Waals surface area contributed by atoms with Crippen molar-refractivity contribution < 1.29 is 8.78 Å². The smallest absolute Gasteiger partial charge is 0.303 e. The second kappa shape index (κ2) is 6.52. The minimum atomic E-state index is -2.59. The van der Waals surface area contributed by atoms with Crippen molar-refractivity contribution in [1.29, 1.82) is 0 Å². The lowest BCUT2D eigenvalue weighted by atomic mass is 10.1. The molecule has 2 aromatic rings. The molecule has 2 rings (SSSR count). The maximum atomic E-state index is 12.7. The predicted molar refractivity (Wildman–Crippen MR) is 75.2 cm³/mol. The average molecular weight is 320 g/mol. The Labute approximate surface area is 125 Å². The molecule has 0 aliphatic rings. The van der Waals surface area contributed by atoms with Crippen molar-refractivity contribution in [2.45, 2.75) is 26.1 Å². The number of alkyl halides is 2. The molecule has 0 spiro atoms. The topological polar surface area (TPSA) is 29.9 Å². The Morgan fingerprint density at radius 3 is 2.75 bits per heavy atom. The molecule has 0 aliphatic heterocycles. The highest BCUT2D eigenvalue weighted by Gasteiger charge is 2.14. The Hall–Kier alpha value is -1.17. The van der Waals surface area contributed by atoms with Gasteiger partial charge in [0, 0.05) is 28.5 Å². The van der Waals surface area contributed by atoms with Crippen molar-refractivity contribution in [3.05, 3.63) is 52.0 Å². The molecule has 0 fully saturated rings. The van der Waals surface area contributed by atoms with Gasteiger partial charge in [0.25, 0.3) is 0 Å². The van der Waals surface area contributed by atoms with Crippen LogP contribution in [0.1, 0.15) is 30.9 Å². The molecule has 0 saturated heterocycles. The number of imidazole rings is 1. The molecule has 1 atom stereocenters. The van der Waals surface area contributed by atoms with Gasteiger partial charge in [0.1, 0.15) is 5.82 Å². The summed E-state index contributed by atoms with van der Waals surface area (Å²) in [4.78, 5) is 3.91. The molecule has 20 heavy (non-hydrogen) atoms. The highest BCUT2D eigenvalue weighted by molar-refractivity contribution is 6.35. The van der Waals surface area contributed by atoms with Crippen LogP contribution in [0.15, 0.2) is 30.6 Å². The first kappa shape index (κ1) is 15.2. The Kier molecular flexibility index (Phi) is 4.96. The number of hydrogen-bond donors (Lipinski definition) is 1. The number of nitrogens with zero attached hydrogens (tertiary/aromatic N) is 2. The lowest BCUT2D eigenvalue weighted by molar-refractivity contribution is 0.0665. The van der Waals surface area contributed by atoms with Gasteiger partial charge < -0.3 is 5.32 Å². The van der Waals surface area contributed by atoms with E-state index in [1.165, 1.54) is 12.4 Å². The Bertz CT molecular complexity index is 587. The second-order valence-electron chi connectivity index (χ2n) is 4.30. The predicted octanol–water partition coefficient (Wildman–Crippen LogP) is 4.44. The Morgan fingerprint density at radius 1 is 1.35 bits per heavy atom. The number of aromatic nitrogens is 2. The van der Waals surface area contributed by atoms with Crippen LogP contribution in [0.4, 0.5) is 8.78 Å². The fourth-order valence-electron chi connectivity index (χ4n) is 1.87. The van der Waals surface area contributed by atoms with E-state index in [-0.39, 0.29) is 18.4 Å². The molecular weight excluding hydrogens is 307 g/mol. The van der Waals surface area contributed by atoms with E-state index in [0.29, 0.717) is 10.0 Å². The summed E-state index contributed by atoms with van der Waals surface area (Å²) >= 11 is 11.9. The first-order valence-electron chi connectivity index (χ1n) is 5.97. The quantitative estimate of drug-likeness (QED) is 0.883. The molecule has 1 aromatic heterocycles. The first-order valence-corrected chi connectivity index (χ1v) is 6.73. The maximum Gasteiger partial charge on any atom is 0.319 e. The summed E-state index contributed by atoms with van der Waals surface area (Å²) < 4.78 is 26.2. The number of rotatable bonds is 5. The van der Waals surface area contributed by atoms with Gasteiger partial charge in [-0.25, -0.2) is 4.98 Å². The standard InChI is InChI=1S/C13H13Cl2F2N3/c1-8(10-3-2-9(14)6-11(10)15)19-7-12-18-4-5-20(12)13(16)17/h2-6,8,13,19H,7H2,1H3/t8-/m1/s1. The van der Waals surface area contributed by atoms with Crippen molar-refractivity contribution in [1.82, 2.24) is 14.9 Å². The summed E-state index contributed by atoms with van der Waals surface area (Å²) in [6, 6.07) is 5.09. The van der Waals surface area contributed by atoms with Crippen LogP contribution >= 0.6 is 23.2 Å². The fourth-order valence-corrected chi connectivity index (χ4v) is 2.44. The molecule has 0 bridgehead atoms. The van der Waals surface area contributed by atoms with Crippen LogP contribution in [-0.4, -0.2) is 9.55 Å². The SMILES string of the molecule is C[C@@H](NCc1nccn1C(F)F)c1ccc(Cl)cc1Cl. The van der Waals surface area contributed by atoms with Crippen LogP contribution in [-0.2, 0) is 6.54 Å². The number of benzene rings is 1. The van der Waals surface area contributed by atoms with Gasteiger partial charge in [0.05, 0.1) is 6.54 Å². The molecule has 7 heteroatoms. The first-order chi connectivity index (χ1) is 9.49. The van der Waals surface area contributed by atoms with E-state index in [1.807, 2.05) is 13.0 Å². The lowest BCUT2D eigenvalue weighted by Gasteiger charge is -2.16. The summed E-state index contributed by atoms with van der Waals surface area (Å²) in [5.74, 6) is 0.275. The normalized spacial score (nSPS) is 12.9. The average Bonchev–Trinajstić information content (AvgIpc) is 2.84. The van der Waals surface area contributed by atoms with E-state index in [2.05, 4.69) is 10.3 Å². The summed E-state index contributed by atoms with van der Waals surface area (Å²) in [5, 5.41) is 4.20. The summed E-state index contributed by atoms with van der Waals surface area (Å²) in [7, 11) is 0. The van der Waals surface area contributed by atoms with Crippen LogP contribution in [0.3, 0.4) is 0 Å². The van der Waals surface area contributed by atoms with E-state index in [4.69, 9.17) is 23.2 Å². The van der Waals surface area contributed by atoms with Crippen molar-refractivity contribution >= 4 is 23.2 Å². The maximum absolute atomic E-state index is 12.7. The minimum absolute atomic E-state index is 0.109. The number of halogens is 4. The molecule has 0 unspecified atom stereocenters. The highest BCUT2D eigenvalue weighted by atomic mass is 35.5. The van der Waals surface area contributed by atoms with Crippen molar-refractivity contribution in [2.75, 3.05) is 0 Å². The van der Waals surface area contributed by atoms with Crippen molar-refractivity contribution in [3.63, 3.8) is 0 Å². The van der Waals surface area contributed by atoms with Gasteiger partial charge in [-0.3, -0.25) is 4.57 Å². The monoisotopic (exact) mass is 319 g/mol. The second-order valence-corrected chi connectivity index (χ2v) is 5.14. The van der Waals surface area contributed by atoms with Gasteiger partial charge in [-0.2, -0.15) is 8.78 Å². The highest BCUT2D eigenvalue weighted by Crippen LogP contribution is 2.26. The molecule has 108 valence electrons. The van der Waals surface area contributed by atoms with E-state index in [9.17, 15) is 8.78 Å². The third-order valence-electron chi connectivity index (χ3n) is 2.95. The van der Waals surface area contributed by atoms with Crippen LogP contribution in [0.2, 0.25) is 10.0 Å². The third-order valence-corrected chi connectivity index (χ3v) is 3.52. The van der Waals surface area contributed by atoms with Crippen LogP contribution in [0, 0.1) is 0 Å². The summed E-state index contributed by atoms with van der Waals surface area (Å²) in [6.07, 6.45) is 2.60. The van der Waals surface area contributed by atoms with Gasteiger partial charge in [-0.1, -0.05) is 29.3 Å². The fraction of sp³-hybridized carbons (Fsp3) is 0.308. The number of hydrogen-bond acceptors (Lipinski definition) is 2. The van der Waals surface area contributed by atoms with Crippen LogP contribution < -0.4 is 5.32 Å². The van der Waals surface area contributed by atoms with E-state index >= 15 is 0 Å². The Balaban J connectivity index is 2.05. The molecule has 3 nitrogen and oxygen atoms in total. The van der Waals surface area contributed by atoms with Crippen molar-refractivity contribution in [2.24, 2.45) is 0 Å². The third kappa shape index (κ3) is 3.48. The van der Waals surface area contributed by atoms with Gasteiger partial charge in [0.2, 0.25) is 0 Å². The molecule has 0 radical (unpaired) electrons. The number of nitrogens with one attached hydrogen (secondary N) is 1. The van der Waals surface area contributed by atoms with Gasteiger partial charge in [0.15, 0.2) is 0 Å². The molecule has 0 aliphatic carbocycles. The summed E-state index contributed by atoms with van der Waals surface area (Å²) in [5.41, 5.74) is 0.853. The molecule has 1 heterocycles. The lowest BCUT2D eigenvalue weighted by Crippen LogP contribution is -2.21. The van der Waals surface area contributed by atoms with Gasteiger partial charge in [-0.05, 0) is 24.6 Å². The zero-order valence-electron chi connectivity index (χ0n) is 10.7.